The van der Waals surface area contributed by atoms with E-state index in [1.54, 1.807) is 0 Å². The van der Waals surface area contributed by atoms with Crippen LogP contribution in [0.3, 0.4) is 0 Å². The van der Waals surface area contributed by atoms with E-state index >= 15 is 0 Å². The Kier molecular flexibility index (Phi) is 4.40. The average molecular weight is 278 g/mol. The zero-order chi connectivity index (χ0) is 13.8. The molecule has 20 heavy (non-hydrogen) atoms. The molecule has 1 atom stereocenters. The minimum atomic E-state index is 0.147. The quantitative estimate of drug-likeness (QED) is 0.649. The predicted molar refractivity (Wildman–Crippen MR) is 75.7 cm³/mol. The fraction of sp³-hybridized carbons (Fsp3) is 0.600. The Morgan fingerprint density at radius 1 is 1.10 bits per heavy atom. The molecule has 1 unspecified atom stereocenters. The van der Waals surface area contributed by atoms with E-state index in [0.29, 0.717) is 19.1 Å². The first-order valence-corrected chi connectivity index (χ1v) is 7.30. The Morgan fingerprint density at radius 3 is 2.60 bits per heavy atom. The molecule has 0 aliphatic carbocycles. The van der Waals surface area contributed by atoms with Crippen molar-refractivity contribution in [3.8, 4) is 11.5 Å². The van der Waals surface area contributed by atoms with Crippen molar-refractivity contribution < 1.29 is 14.2 Å². The summed E-state index contributed by atoms with van der Waals surface area (Å²) in [6.45, 7) is 2.95. The number of ether oxygens (including phenoxy) is 3. The third-order valence-corrected chi connectivity index (χ3v) is 4.08. The lowest BCUT2D eigenvalue weighted by molar-refractivity contribution is 0.0605. The van der Waals surface area contributed by atoms with Crippen LogP contribution in [0.1, 0.15) is 30.9 Å². The Bertz CT molecular complexity index is 447. The van der Waals surface area contributed by atoms with E-state index in [1.807, 2.05) is 12.1 Å². The molecule has 5 heteroatoms. The van der Waals surface area contributed by atoms with Gasteiger partial charge in [-0.2, -0.15) is 0 Å². The van der Waals surface area contributed by atoms with E-state index in [1.165, 1.54) is 0 Å². The molecule has 110 valence electrons. The molecule has 0 amide bonds. The molecular weight excluding hydrogens is 256 g/mol. The number of fused-ring (bicyclic) bond motifs is 1. The summed E-state index contributed by atoms with van der Waals surface area (Å²) in [5, 5.41) is 0. The van der Waals surface area contributed by atoms with Crippen LogP contribution < -0.4 is 20.7 Å². The molecule has 0 saturated carbocycles. The van der Waals surface area contributed by atoms with Crippen LogP contribution in [0.2, 0.25) is 0 Å². The summed E-state index contributed by atoms with van der Waals surface area (Å²) in [6, 6.07) is 6.22. The number of nitrogens with two attached hydrogens (primary N) is 1. The highest BCUT2D eigenvalue weighted by Crippen LogP contribution is 2.35. The zero-order valence-electron chi connectivity index (χ0n) is 11.6. The standard InChI is InChI=1S/C15H22N2O3/c16-17-13(9-11-3-5-18-6-4-11)12-1-2-14-15(10-12)20-8-7-19-14/h1-2,10-11,13,17H,3-9,16H2. The van der Waals surface area contributed by atoms with Crippen LogP contribution in [0.4, 0.5) is 0 Å². The minimum absolute atomic E-state index is 0.147. The highest BCUT2D eigenvalue weighted by molar-refractivity contribution is 5.44. The van der Waals surface area contributed by atoms with E-state index < -0.39 is 0 Å². The van der Waals surface area contributed by atoms with Crippen molar-refractivity contribution in [2.24, 2.45) is 11.8 Å². The molecule has 2 aliphatic heterocycles. The first-order valence-electron chi connectivity index (χ1n) is 7.30. The van der Waals surface area contributed by atoms with Crippen molar-refractivity contribution in [3.63, 3.8) is 0 Å². The molecule has 1 saturated heterocycles. The number of hydrogen-bond acceptors (Lipinski definition) is 5. The van der Waals surface area contributed by atoms with Crippen molar-refractivity contribution in [3.05, 3.63) is 23.8 Å². The topological polar surface area (TPSA) is 65.7 Å². The molecule has 0 radical (unpaired) electrons. The highest BCUT2D eigenvalue weighted by atomic mass is 16.6. The fourth-order valence-electron chi connectivity index (χ4n) is 2.89. The van der Waals surface area contributed by atoms with Gasteiger partial charge in [-0.1, -0.05) is 6.07 Å². The van der Waals surface area contributed by atoms with Crippen LogP contribution in [0.5, 0.6) is 11.5 Å². The number of hydrazine groups is 1. The number of rotatable bonds is 4. The maximum atomic E-state index is 5.74. The Morgan fingerprint density at radius 2 is 1.85 bits per heavy atom. The summed E-state index contributed by atoms with van der Waals surface area (Å²) in [5.74, 6) is 8.05. The van der Waals surface area contributed by atoms with Gasteiger partial charge in [-0.15, -0.1) is 0 Å². The molecule has 0 bridgehead atoms. The lowest BCUT2D eigenvalue weighted by Gasteiger charge is -2.27. The van der Waals surface area contributed by atoms with Crippen LogP contribution in [-0.4, -0.2) is 26.4 Å². The Balaban J connectivity index is 1.71. The average Bonchev–Trinajstić information content (AvgIpc) is 2.53. The maximum absolute atomic E-state index is 5.74. The van der Waals surface area contributed by atoms with Gasteiger partial charge in [-0.25, -0.2) is 0 Å². The molecular formula is C15H22N2O3. The first-order chi connectivity index (χ1) is 9.86. The number of nitrogens with one attached hydrogen (secondary N) is 1. The van der Waals surface area contributed by atoms with Gasteiger partial charge < -0.3 is 14.2 Å². The van der Waals surface area contributed by atoms with Crippen LogP contribution in [-0.2, 0) is 4.74 Å². The SMILES string of the molecule is NNC(CC1CCOCC1)c1ccc2c(c1)OCCO2. The number of hydrogen-bond donors (Lipinski definition) is 2. The molecule has 2 aliphatic rings. The third kappa shape index (κ3) is 3.06. The van der Waals surface area contributed by atoms with Crippen LogP contribution in [0, 0.1) is 5.92 Å². The second-order valence-corrected chi connectivity index (χ2v) is 5.41. The third-order valence-electron chi connectivity index (χ3n) is 4.08. The fourth-order valence-corrected chi connectivity index (χ4v) is 2.89. The monoisotopic (exact) mass is 278 g/mol. The van der Waals surface area contributed by atoms with Crippen molar-refractivity contribution in [2.75, 3.05) is 26.4 Å². The van der Waals surface area contributed by atoms with E-state index in [0.717, 1.165) is 49.5 Å². The van der Waals surface area contributed by atoms with E-state index in [2.05, 4.69) is 11.5 Å². The second-order valence-electron chi connectivity index (χ2n) is 5.41. The molecule has 3 rings (SSSR count). The lowest BCUT2D eigenvalue weighted by Crippen LogP contribution is -2.31. The van der Waals surface area contributed by atoms with Gasteiger partial charge in [-0.3, -0.25) is 11.3 Å². The summed E-state index contributed by atoms with van der Waals surface area (Å²) in [5.41, 5.74) is 4.09. The van der Waals surface area contributed by atoms with Gasteiger partial charge in [0, 0.05) is 19.3 Å². The van der Waals surface area contributed by atoms with E-state index in [9.17, 15) is 0 Å². The normalized spacial score (nSPS) is 20.6. The summed E-state index contributed by atoms with van der Waals surface area (Å²) in [6.07, 6.45) is 3.25. The summed E-state index contributed by atoms with van der Waals surface area (Å²) < 4.78 is 16.6. The van der Waals surface area contributed by atoms with Crippen LogP contribution >= 0.6 is 0 Å². The summed E-state index contributed by atoms with van der Waals surface area (Å²) in [7, 11) is 0. The molecule has 0 spiro atoms. The second kappa shape index (κ2) is 6.43. The minimum Gasteiger partial charge on any atom is -0.486 e. The van der Waals surface area contributed by atoms with Gasteiger partial charge in [0.05, 0.1) is 0 Å². The largest absolute Gasteiger partial charge is 0.486 e. The molecule has 1 aromatic carbocycles. The van der Waals surface area contributed by atoms with Crippen molar-refractivity contribution in [2.45, 2.75) is 25.3 Å². The van der Waals surface area contributed by atoms with Crippen molar-refractivity contribution >= 4 is 0 Å². The lowest BCUT2D eigenvalue weighted by atomic mass is 9.89. The van der Waals surface area contributed by atoms with Crippen molar-refractivity contribution in [1.82, 2.24) is 5.43 Å². The van der Waals surface area contributed by atoms with E-state index in [4.69, 9.17) is 20.1 Å². The van der Waals surface area contributed by atoms with E-state index in [-0.39, 0.29) is 6.04 Å². The van der Waals surface area contributed by atoms with Gasteiger partial charge in [0.2, 0.25) is 0 Å². The van der Waals surface area contributed by atoms with Crippen LogP contribution in [0.25, 0.3) is 0 Å². The van der Waals surface area contributed by atoms with Gasteiger partial charge in [-0.05, 0) is 42.9 Å². The summed E-state index contributed by atoms with van der Waals surface area (Å²) >= 11 is 0. The van der Waals surface area contributed by atoms with Gasteiger partial charge in [0.15, 0.2) is 11.5 Å². The highest BCUT2D eigenvalue weighted by Gasteiger charge is 2.21. The summed E-state index contributed by atoms with van der Waals surface area (Å²) in [4.78, 5) is 0. The molecule has 5 nitrogen and oxygen atoms in total. The maximum Gasteiger partial charge on any atom is 0.161 e. The van der Waals surface area contributed by atoms with Crippen LogP contribution in [0.15, 0.2) is 18.2 Å². The molecule has 3 N–H and O–H groups in total. The zero-order valence-corrected chi connectivity index (χ0v) is 11.6. The molecule has 0 aromatic heterocycles. The number of benzene rings is 1. The Hall–Kier alpha value is -1.30. The van der Waals surface area contributed by atoms with Crippen molar-refractivity contribution in [1.29, 1.82) is 0 Å². The van der Waals surface area contributed by atoms with Gasteiger partial charge >= 0.3 is 0 Å². The molecule has 1 fully saturated rings. The predicted octanol–water partition coefficient (Wildman–Crippen LogP) is 1.78. The molecule has 1 aromatic rings. The molecule has 2 heterocycles. The van der Waals surface area contributed by atoms with Gasteiger partial charge in [0.1, 0.15) is 13.2 Å². The smallest absolute Gasteiger partial charge is 0.161 e. The Labute approximate surface area is 119 Å². The first kappa shape index (κ1) is 13.7. The van der Waals surface area contributed by atoms with Gasteiger partial charge in [0.25, 0.3) is 0 Å².